The Morgan fingerprint density at radius 1 is 1.27 bits per heavy atom. The minimum atomic E-state index is -4.45. The van der Waals surface area contributed by atoms with Gasteiger partial charge in [-0.2, -0.15) is 13.2 Å². The van der Waals surface area contributed by atoms with Crippen molar-refractivity contribution in [3.8, 4) is 5.75 Å². The maximum atomic E-state index is 13.2. The zero-order chi connectivity index (χ0) is 18.5. The van der Waals surface area contributed by atoms with Crippen LogP contribution in [0.5, 0.6) is 5.75 Å². The maximum Gasteiger partial charge on any atom is 0.416 e. The molecule has 0 radical (unpaired) electrons. The van der Waals surface area contributed by atoms with Gasteiger partial charge in [-0.05, 0) is 49.8 Å². The summed E-state index contributed by atoms with van der Waals surface area (Å²) in [6.45, 7) is 0.141. The number of rotatable bonds is 2. The van der Waals surface area contributed by atoms with Gasteiger partial charge in [-0.25, -0.2) is 0 Å². The molecule has 2 atom stereocenters. The number of ether oxygens (including phenoxy) is 2. The number of hydrogen-bond acceptors (Lipinski definition) is 4. The van der Waals surface area contributed by atoms with Gasteiger partial charge in [0.15, 0.2) is 6.73 Å². The molecule has 1 N–H and O–H groups in total. The third-order valence-corrected chi connectivity index (χ3v) is 5.39. The van der Waals surface area contributed by atoms with E-state index in [4.69, 9.17) is 9.47 Å². The maximum absolute atomic E-state index is 13.2. The van der Waals surface area contributed by atoms with Crippen molar-refractivity contribution in [3.63, 3.8) is 0 Å². The zero-order valence-corrected chi connectivity index (χ0v) is 14.1. The molecule has 1 saturated carbocycles. The van der Waals surface area contributed by atoms with E-state index in [1.807, 2.05) is 0 Å². The van der Waals surface area contributed by atoms with Crippen LogP contribution >= 0.6 is 0 Å². The number of aliphatic hydroxyl groups excluding tert-OH is 1. The van der Waals surface area contributed by atoms with Gasteiger partial charge in [0.25, 0.3) is 5.91 Å². The smallest absolute Gasteiger partial charge is 0.416 e. The lowest BCUT2D eigenvalue weighted by atomic mass is 9.86. The molecule has 0 spiro atoms. The lowest BCUT2D eigenvalue weighted by Gasteiger charge is -2.42. The first-order valence-corrected chi connectivity index (χ1v) is 8.74. The van der Waals surface area contributed by atoms with Crippen molar-refractivity contribution in [1.82, 2.24) is 4.90 Å². The van der Waals surface area contributed by atoms with Crippen molar-refractivity contribution in [2.24, 2.45) is 5.92 Å². The van der Waals surface area contributed by atoms with Gasteiger partial charge >= 0.3 is 6.18 Å². The van der Waals surface area contributed by atoms with Crippen LogP contribution in [0.2, 0.25) is 0 Å². The Labute approximate surface area is 148 Å². The monoisotopic (exact) mass is 371 g/mol. The predicted octanol–water partition coefficient (Wildman–Crippen LogP) is 2.70. The average Bonchev–Trinajstić information content (AvgIpc) is 3.46. The average molecular weight is 371 g/mol. The summed E-state index contributed by atoms with van der Waals surface area (Å²) in [5.41, 5.74) is -1.41. The molecule has 4 rings (SSSR count). The van der Waals surface area contributed by atoms with E-state index in [1.165, 1.54) is 11.0 Å². The highest BCUT2D eigenvalue weighted by molar-refractivity contribution is 5.86. The third kappa shape index (κ3) is 3.05. The third-order valence-electron chi connectivity index (χ3n) is 5.39. The highest BCUT2D eigenvalue weighted by atomic mass is 19.4. The molecule has 3 aliphatic rings. The summed E-state index contributed by atoms with van der Waals surface area (Å²) in [5.74, 6) is 0.211. The Balaban J connectivity index is 1.57. The van der Waals surface area contributed by atoms with Crippen molar-refractivity contribution in [1.29, 1.82) is 0 Å². The number of fused-ring (bicyclic) bond motifs is 1. The lowest BCUT2D eigenvalue weighted by molar-refractivity contribution is -0.183. The molecule has 1 unspecified atom stereocenters. The number of alkyl halides is 3. The summed E-state index contributed by atoms with van der Waals surface area (Å²) < 4.78 is 50.2. The number of carbonyl (C=O) groups excluding carboxylic acids is 1. The number of amides is 1. The fourth-order valence-corrected chi connectivity index (χ4v) is 3.81. The fraction of sp³-hybridized carbons (Fsp3) is 0.611. The number of nitrogens with zero attached hydrogens (tertiary/aromatic N) is 1. The second-order valence-corrected chi connectivity index (χ2v) is 7.26. The normalized spacial score (nSPS) is 29.1. The molecule has 0 bridgehead atoms. The van der Waals surface area contributed by atoms with Crippen molar-refractivity contribution in [2.75, 3.05) is 13.3 Å². The Morgan fingerprint density at radius 2 is 2.04 bits per heavy atom. The topological polar surface area (TPSA) is 59.0 Å². The molecule has 1 aromatic carbocycles. The first-order chi connectivity index (χ1) is 12.3. The first-order valence-electron chi connectivity index (χ1n) is 8.74. The molecular weight excluding hydrogens is 351 g/mol. The van der Waals surface area contributed by atoms with Crippen molar-refractivity contribution in [3.05, 3.63) is 29.3 Å². The van der Waals surface area contributed by atoms with E-state index in [2.05, 4.69) is 0 Å². The molecule has 5 nitrogen and oxygen atoms in total. The van der Waals surface area contributed by atoms with Gasteiger partial charge < -0.3 is 19.5 Å². The van der Waals surface area contributed by atoms with Crippen LogP contribution in [0.4, 0.5) is 13.2 Å². The molecule has 26 heavy (non-hydrogen) atoms. The zero-order valence-electron chi connectivity index (χ0n) is 14.1. The summed E-state index contributed by atoms with van der Waals surface area (Å²) >= 11 is 0. The number of carbonyl (C=O) groups is 1. The Bertz CT molecular complexity index is 709. The molecule has 8 heteroatoms. The van der Waals surface area contributed by atoms with E-state index in [9.17, 15) is 23.1 Å². The van der Waals surface area contributed by atoms with Gasteiger partial charge in [0, 0.05) is 5.56 Å². The molecule has 1 aliphatic carbocycles. The Morgan fingerprint density at radius 3 is 2.65 bits per heavy atom. The second-order valence-electron chi connectivity index (χ2n) is 7.26. The molecule has 2 aliphatic heterocycles. The SMILES string of the molecule is O=C(N1COc2ccc(C(F)(F)F)cc2C1)[C@@]1(C2CC2)CCC(O)CO1. The predicted molar refractivity (Wildman–Crippen MR) is 84.1 cm³/mol. The molecule has 2 heterocycles. The molecule has 0 aromatic heterocycles. The second kappa shape index (κ2) is 6.13. The van der Waals surface area contributed by atoms with Gasteiger partial charge in [0.05, 0.1) is 24.8 Å². The van der Waals surface area contributed by atoms with Crippen LogP contribution in [0.15, 0.2) is 18.2 Å². The van der Waals surface area contributed by atoms with Crippen molar-refractivity contribution < 1.29 is 32.5 Å². The molecule has 1 saturated heterocycles. The number of benzene rings is 1. The molecular formula is C18H20F3NO4. The van der Waals surface area contributed by atoms with Crippen LogP contribution in [-0.2, 0) is 22.3 Å². The first kappa shape index (κ1) is 17.6. The van der Waals surface area contributed by atoms with Gasteiger partial charge in [-0.15, -0.1) is 0 Å². The number of halogens is 3. The van der Waals surface area contributed by atoms with Crippen LogP contribution in [0.25, 0.3) is 0 Å². The largest absolute Gasteiger partial charge is 0.473 e. The highest BCUT2D eigenvalue weighted by Gasteiger charge is 2.55. The summed E-state index contributed by atoms with van der Waals surface area (Å²) in [7, 11) is 0. The summed E-state index contributed by atoms with van der Waals surface area (Å²) in [5, 5.41) is 9.69. The fourth-order valence-electron chi connectivity index (χ4n) is 3.81. The van der Waals surface area contributed by atoms with E-state index in [0.29, 0.717) is 24.2 Å². The summed E-state index contributed by atoms with van der Waals surface area (Å²) in [6.07, 6.45) is -2.37. The summed E-state index contributed by atoms with van der Waals surface area (Å²) in [6, 6.07) is 3.31. The van der Waals surface area contributed by atoms with Gasteiger partial charge in [0.1, 0.15) is 11.4 Å². The summed E-state index contributed by atoms with van der Waals surface area (Å²) in [4.78, 5) is 14.6. The van der Waals surface area contributed by atoms with Crippen molar-refractivity contribution in [2.45, 2.75) is 50.1 Å². The minimum absolute atomic E-state index is 0.0163. The van der Waals surface area contributed by atoms with E-state index >= 15 is 0 Å². The standard InChI is InChI=1S/C18H20F3NO4/c19-18(20,21)13-3-4-15-11(7-13)8-22(10-25-15)16(24)17(12-1-2-12)6-5-14(23)9-26-17/h3-4,7,12,14,23H,1-2,5-6,8-10H2/t14?,17-/m0/s1. The van der Waals surface area contributed by atoms with Crippen LogP contribution in [0.3, 0.4) is 0 Å². The quantitative estimate of drug-likeness (QED) is 0.869. The van der Waals surface area contributed by atoms with Gasteiger partial charge in [-0.1, -0.05) is 0 Å². The van der Waals surface area contributed by atoms with Gasteiger partial charge in [0.2, 0.25) is 0 Å². The van der Waals surface area contributed by atoms with Crippen LogP contribution < -0.4 is 4.74 Å². The van der Waals surface area contributed by atoms with E-state index in [1.54, 1.807) is 0 Å². The molecule has 1 amide bonds. The highest BCUT2D eigenvalue weighted by Crippen LogP contribution is 2.48. The Hall–Kier alpha value is -1.80. The van der Waals surface area contributed by atoms with Crippen LogP contribution in [0, 0.1) is 5.92 Å². The minimum Gasteiger partial charge on any atom is -0.473 e. The molecule has 142 valence electrons. The van der Waals surface area contributed by atoms with Gasteiger partial charge in [-0.3, -0.25) is 4.79 Å². The van der Waals surface area contributed by atoms with E-state index in [-0.39, 0.29) is 31.7 Å². The lowest BCUT2D eigenvalue weighted by Crippen LogP contribution is -2.56. The number of hydrogen-bond donors (Lipinski definition) is 1. The van der Waals surface area contributed by atoms with Crippen LogP contribution in [-0.4, -0.2) is 41.0 Å². The van der Waals surface area contributed by atoms with E-state index < -0.39 is 23.4 Å². The number of aliphatic hydroxyl groups is 1. The van der Waals surface area contributed by atoms with Crippen LogP contribution in [0.1, 0.15) is 36.8 Å². The molecule has 1 aromatic rings. The van der Waals surface area contributed by atoms with Crippen molar-refractivity contribution >= 4 is 5.91 Å². The van der Waals surface area contributed by atoms with E-state index in [0.717, 1.165) is 25.0 Å². The Kier molecular flexibility index (Phi) is 4.15. The molecule has 2 fully saturated rings.